The Morgan fingerprint density at radius 2 is 1.73 bits per heavy atom. The second kappa shape index (κ2) is 6.75. The third-order valence-corrected chi connectivity index (χ3v) is 7.33. The average Bonchev–Trinajstić information content (AvgIpc) is 2.86. The number of rotatable bonds is 4. The van der Waals surface area contributed by atoms with Crippen molar-refractivity contribution in [2.24, 2.45) is 11.3 Å². The van der Waals surface area contributed by atoms with Gasteiger partial charge in [0.1, 0.15) is 0 Å². The second-order valence-electron chi connectivity index (χ2n) is 8.04. The molecule has 0 saturated carbocycles. The highest BCUT2D eigenvalue weighted by Crippen LogP contribution is 2.36. The molecule has 0 spiro atoms. The molecule has 6 heteroatoms. The van der Waals surface area contributed by atoms with Crippen LogP contribution in [0, 0.1) is 11.3 Å². The van der Waals surface area contributed by atoms with E-state index < -0.39 is 16.3 Å². The topological polar surface area (TPSA) is 60.9 Å². The average molecular weight is 333 g/mol. The number of hydrogen-bond donors (Lipinski definition) is 1. The van der Waals surface area contributed by atoms with Crippen LogP contribution in [0.1, 0.15) is 59.8 Å². The third-order valence-electron chi connectivity index (χ3n) is 5.24. The highest BCUT2D eigenvalue weighted by molar-refractivity contribution is 7.86. The van der Waals surface area contributed by atoms with E-state index in [1.54, 1.807) is 15.5 Å². The van der Waals surface area contributed by atoms with E-state index in [-0.39, 0.29) is 11.5 Å². The minimum atomic E-state index is -3.37. The van der Waals surface area contributed by atoms with Gasteiger partial charge in [0.05, 0.1) is 6.10 Å². The molecule has 0 radical (unpaired) electrons. The minimum Gasteiger partial charge on any atom is -0.393 e. The van der Waals surface area contributed by atoms with Crippen LogP contribution in [0.4, 0.5) is 0 Å². The van der Waals surface area contributed by atoms with Gasteiger partial charge in [-0.25, -0.2) is 0 Å². The van der Waals surface area contributed by atoms with Gasteiger partial charge in [0, 0.05) is 25.7 Å². The van der Waals surface area contributed by atoms with Crippen molar-refractivity contribution in [3.8, 4) is 0 Å². The molecule has 0 amide bonds. The molecule has 2 aliphatic heterocycles. The summed E-state index contributed by atoms with van der Waals surface area (Å²) in [5, 5.41) is 9.60. The quantitative estimate of drug-likeness (QED) is 0.859. The Morgan fingerprint density at radius 3 is 2.23 bits per heavy atom. The zero-order valence-electron chi connectivity index (χ0n) is 14.5. The maximum atomic E-state index is 12.9. The molecule has 1 N–H and O–H groups in total. The number of aliphatic hydroxyl groups is 1. The smallest absolute Gasteiger partial charge is 0.282 e. The molecule has 0 bridgehead atoms. The lowest BCUT2D eigenvalue weighted by Crippen LogP contribution is -2.50. The predicted molar refractivity (Wildman–Crippen MR) is 88.7 cm³/mol. The second-order valence-corrected chi connectivity index (χ2v) is 9.92. The first-order valence-electron chi connectivity index (χ1n) is 8.57. The summed E-state index contributed by atoms with van der Waals surface area (Å²) in [4.78, 5) is 0. The Balaban J connectivity index is 2.02. The van der Waals surface area contributed by atoms with E-state index in [2.05, 4.69) is 20.8 Å². The van der Waals surface area contributed by atoms with Gasteiger partial charge in [0.25, 0.3) is 10.2 Å². The number of piperidine rings is 1. The fourth-order valence-corrected chi connectivity index (χ4v) is 5.74. The van der Waals surface area contributed by atoms with Crippen molar-refractivity contribution >= 4 is 10.2 Å². The molecule has 0 aromatic heterocycles. The van der Waals surface area contributed by atoms with Crippen molar-refractivity contribution in [3.63, 3.8) is 0 Å². The van der Waals surface area contributed by atoms with Crippen molar-refractivity contribution in [1.82, 2.24) is 8.61 Å². The Kier molecular flexibility index (Phi) is 5.58. The molecule has 130 valence electrons. The lowest BCUT2D eigenvalue weighted by Gasteiger charge is -2.40. The summed E-state index contributed by atoms with van der Waals surface area (Å²) in [5.74, 6) is 0.589. The summed E-state index contributed by atoms with van der Waals surface area (Å²) in [6.07, 6.45) is 3.73. The van der Waals surface area contributed by atoms with E-state index in [1.807, 2.05) is 0 Å². The molecule has 0 unspecified atom stereocenters. The minimum absolute atomic E-state index is 0.0367. The Labute approximate surface area is 135 Å². The van der Waals surface area contributed by atoms with Gasteiger partial charge < -0.3 is 5.11 Å². The largest absolute Gasteiger partial charge is 0.393 e. The Bertz CT molecular complexity index is 462. The van der Waals surface area contributed by atoms with Crippen LogP contribution in [0.2, 0.25) is 0 Å². The van der Waals surface area contributed by atoms with Gasteiger partial charge in [-0.1, -0.05) is 20.8 Å². The van der Waals surface area contributed by atoms with Crippen molar-refractivity contribution in [3.05, 3.63) is 0 Å². The van der Waals surface area contributed by atoms with Crippen LogP contribution in [0.15, 0.2) is 0 Å². The predicted octanol–water partition coefficient (Wildman–Crippen LogP) is 2.22. The van der Waals surface area contributed by atoms with Gasteiger partial charge in [-0.15, -0.1) is 0 Å². The zero-order chi connectivity index (χ0) is 16.5. The first kappa shape index (κ1) is 18.2. The molecule has 2 rings (SSSR count). The van der Waals surface area contributed by atoms with Gasteiger partial charge in [0.2, 0.25) is 0 Å². The first-order chi connectivity index (χ1) is 10.1. The van der Waals surface area contributed by atoms with Crippen LogP contribution < -0.4 is 0 Å². The van der Waals surface area contributed by atoms with E-state index in [4.69, 9.17) is 0 Å². The molecule has 2 fully saturated rings. The lowest BCUT2D eigenvalue weighted by molar-refractivity contribution is 0.140. The fraction of sp³-hybridized carbons (Fsp3) is 1.00. The normalized spacial score (nSPS) is 28.1. The molecular formula is C16H32N2O3S. The van der Waals surface area contributed by atoms with E-state index in [9.17, 15) is 13.5 Å². The third kappa shape index (κ3) is 4.02. The molecule has 2 atom stereocenters. The highest BCUT2D eigenvalue weighted by atomic mass is 32.2. The molecule has 0 aromatic carbocycles. The van der Waals surface area contributed by atoms with Gasteiger partial charge in [-0.05, 0) is 50.4 Å². The maximum Gasteiger partial charge on any atom is 0.282 e. The molecule has 0 aromatic rings. The van der Waals surface area contributed by atoms with Crippen LogP contribution in [-0.2, 0) is 10.2 Å². The van der Waals surface area contributed by atoms with Crippen LogP contribution >= 0.6 is 0 Å². The van der Waals surface area contributed by atoms with Gasteiger partial charge in [0.15, 0.2) is 0 Å². The highest BCUT2D eigenvalue weighted by Gasteiger charge is 2.40. The van der Waals surface area contributed by atoms with Crippen molar-refractivity contribution in [2.75, 3.05) is 19.6 Å². The standard InChI is InChI=1S/C16H32N2O3S/c1-13(19)12-15-6-5-9-18(15)22(20,21)17-10-7-14(8-11-17)16(2,3)4/h13-15,19H,5-12H2,1-4H3/t13-,15+/m1/s1. The summed E-state index contributed by atoms with van der Waals surface area (Å²) in [6, 6.07) is -0.0367. The molecule has 22 heavy (non-hydrogen) atoms. The van der Waals surface area contributed by atoms with Crippen molar-refractivity contribution in [2.45, 2.75) is 71.9 Å². The summed E-state index contributed by atoms with van der Waals surface area (Å²) in [5.41, 5.74) is 0.248. The summed E-state index contributed by atoms with van der Waals surface area (Å²) < 4.78 is 29.1. The lowest BCUT2D eigenvalue weighted by atomic mass is 9.76. The number of hydrogen-bond acceptors (Lipinski definition) is 3. The maximum absolute atomic E-state index is 12.9. The van der Waals surface area contributed by atoms with Crippen molar-refractivity contribution < 1.29 is 13.5 Å². The summed E-state index contributed by atoms with van der Waals surface area (Å²) in [6.45, 7) is 10.3. The van der Waals surface area contributed by atoms with Crippen LogP contribution in [-0.4, -0.2) is 53.9 Å². The molecule has 0 aliphatic carbocycles. The van der Waals surface area contributed by atoms with Crippen LogP contribution in [0.3, 0.4) is 0 Å². The van der Waals surface area contributed by atoms with E-state index in [1.165, 1.54) is 0 Å². The van der Waals surface area contributed by atoms with E-state index in [0.717, 1.165) is 25.7 Å². The fourth-order valence-electron chi connectivity index (χ4n) is 3.84. The Morgan fingerprint density at radius 1 is 1.14 bits per heavy atom. The van der Waals surface area contributed by atoms with Gasteiger partial charge >= 0.3 is 0 Å². The van der Waals surface area contributed by atoms with Crippen LogP contribution in [0.5, 0.6) is 0 Å². The van der Waals surface area contributed by atoms with Crippen LogP contribution in [0.25, 0.3) is 0 Å². The van der Waals surface area contributed by atoms with E-state index >= 15 is 0 Å². The zero-order valence-corrected chi connectivity index (χ0v) is 15.3. The summed E-state index contributed by atoms with van der Waals surface area (Å²) in [7, 11) is -3.37. The van der Waals surface area contributed by atoms with E-state index in [0.29, 0.717) is 32.0 Å². The van der Waals surface area contributed by atoms with Crippen molar-refractivity contribution in [1.29, 1.82) is 0 Å². The molecule has 2 heterocycles. The molecule has 2 aliphatic rings. The SMILES string of the molecule is C[C@@H](O)C[C@@H]1CCCN1S(=O)(=O)N1CCC(C(C)(C)C)CC1. The number of nitrogens with zero attached hydrogens (tertiary/aromatic N) is 2. The van der Waals surface area contributed by atoms with Gasteiger partial charge in [-0.3, -0.25) is 0 Å². The first-order valence-corrected chi connectivity index (χ1v) is 9.97. The van der Waals surface area contributed by atoms with Gasteiger partial charge in [-0.2, -0.15) is 17.0 Å². The molecule has 2 saturated heterocycles. The Hall–Kier alpha value is -0.170. The summed E-state index contributed by atoms with van der Waals surface area (Å²) >= 11 is 0. The molecule has 5 nitrogen and oxygen atoms in total. The monoisotopic (exact) mass is 332 g/mol. The molecular weight excluding hydrogens is 300 g/mol. The number of aliphatic hydroxyl groups excluding tert-OH is 1.